The van der Waals surface area contributed by atoms with Gasteiger partial charge in [0.1, 0.15) is 0 Å². The van der Waals surface area contributed by atoms with Gasteiger partial charge in [-0.05, 0) is 62.7 Å². The van der Waals surface area contributed by atoms with Crippen molar-refractivity contribution in [2.24, 2.45) is 0 Å². The molecule has 0 fully saturated rings. The number of nitrogens with one attached hydrogen (secondary N) is 2. The number of thiophene rings is 1. The SMILES string of the molecule is Cc1cccc(C)c1NC(=S)NC[C@@H](c1cccs1)N(C)C. The molecule has 22 heavy (non-hydrogen) atoms. The molecule has 0 aliphatic heterocycles. The van der Waals surface area contributed by atoms with Crippen LogP contribution in [0, 0.1) is 13.8 Å². The molecule has 0 aliphatic rings. The van der Waals surface area contributed by atoms with Crippen molar-refractivity contribution in [2.75, 3.05) is 26.0 Å². The molecular weight excluding hydrogens is 310 g/mol. The van der Waals surface area contributed by atoms with Crippen molar-refractivity contribution in [1.29, 1.82) is 0 Å². The Balaban J connectivity index is 1.97. The molecule has 0 aliphatic carbocycles. The molecule has 2 aromatic rings. The van der Waals surface area contributed by atoms with Gasteiger partial charge in [0, 0.05) is 17.1 Å². The molecule has 1 aromatic carbocycles. The van der Waals surface area contributed by atoms with Gasteiger partial charge in [-0.3, -0.25) is 0 Å². The van der Waals surface area contributed by atoms with Gasteiger partial charge in [-0.1, -0.05) is 24.3 Å². The lowest BCUT2D eigenvalue weighted by Crippen LogP contribution is -2.36. The molecule has 0 radical (unpaired) electrons. The molecule has 0 saturated heterocycles. The standard InChI is InChI=1S/C17H23N3S2/c1-12-7-5-8-13(2)16(12)19-17(21)18-11-14(20(3)4)15-9-6-10-22-15/h5-10,14H,11H2,1-4H3,(H2,18,19,21)/t14-/m0/s1. The van der Waals surface area contributed by atoms with E-state index in [9.17, 15) is 0 Å². The summed E-state index contributed by atoms with van der Waals surface area (Å²) in [6.45, 7) is 4.96. The van der Waals surface area contributed by atoms with Crippen LogP contribution in [-0.2, 0) is 0 Å². The van der Waals surface area contributed by atoms with Gasteiger partial charge in [-0.2, -0.15) is 0 Å². The zero-order valence-corrected chi connectivity index (χ0v) is 15.1. The zero-order chi connectivity index (χ0) is 16.1. The molecule has 0 bridgehead atoms. The van der Waals surface area contributed by atoms with E-state index in [0.717, 1.165) is 12.2 Å². The van der Waals surface area contributed by atoms with E-state index in [1.54, 1.807) is 11.3 Å². The normalized spacial score (nSPS) is 12.2. The third kappa shape index (κ3) is 4.29. The number of thiocarbonyl (C=S) groups is 1. The minimum Gasteiger partial charge on any atom is -0.360 e. The fourth-order valence-corrected chi connectivity index (χ4v) is 3.49. The van der Waals surface area contributed by atoms with Gasteiger partial charge in [0.05, 0.1) is 6.04 Å². The largest absolute Gasteiger partial charge is 0.360 e. The number of rotatable bonds is 5. The number of hydrogen-bond donors (Lipinski definition) is 2. The van der Waals surface area contributed by atoms with Crippen molar-refractivity contribution in [3.63, 3.8) is 0 Å². The van der Waals surface area contributed by atoms with E-state index >= 15 is 0 Å². The summed E-state index contributed by atoms with van der Waals surface area (Å²) in [6, 6.07) is 10.8. The molecule has 2 N–H and O–H groups in total. The second-order valence-corrected chi connectivity index (χ2v) is 6.98. The quantitative estimate of drug-likeness (QED) is 0.810. The van der Waals surface area contributed by atoms with Gasteiger partial charge in [0.2, 0.25) is 0 Å². The van der Waals surface area contributed by atoms with Crippen LogP contribution in [0.15, 0.2) is 35.7 Å². The molecule has 118 valence electrons. The molecule has 1 atom stereocenters. The monoisotopic (exact) mass is 333 g/mol. The van der Waals surface area contributed by atoms with Gasteiger partial charge >= 0.3 is 0 Å². The van der Waals surface area contributed by atoms with Crippen LogP contribution in [0.2, 0.25) is 0 Å². The van der Waals surface area contributed by atoms with Crippen LogP contribution in [0.3, 0.4) is 0 Å². The van der Waals surface area contributed by atoms with E-state index in [1.807, 2.05) is 0 Å². The third-order valence-corrected chi connectivity index (χ3v) is 4.89. The Morgan fingerprint density at radius 1 is 1.18 bits per heavy atom. The Labute approximate surface area is 142 Å². The molecule has 5 heteroatoms. The lowest BCUT2D eigenvalue weighted by Gasteiger charge is -2.24. The molecule has 1 heterocycles. The Morgan fingerprint density at radius 3 is 2.41 bits per heavy atom. The second-order valence-electron chi connectivity index (χ2n) is 5.60. The van der Waals surface area contributed by atoms with E-state index in [4.69, 9.17) is 12.2 Å². The summed E-state index contributed by atoms with van der Waals surface area (Å²) in [4.78, 5) is 3.55. The van der Waals surface area contributed by atoms with E-state index in [1.165, 1.54) is 16.0 Å². The summed E-state index contributed by atoms with van der Waals surface area (Å²) in [5.74, 6) is 0. The lowest BCUT2D eigenvalue weighted by atomic mass is 10.1. The topological polar surface area (TPSA) is 27.3 Å². The molecule has 0 saturated carbocycles. The lowest BCUT2D eigenvalue weighted by molar-refractivity contribution is 0.303. The minimum absolute atomic E-state index is 0.317. The number of nitrogens with zero attached hydrogens (tertiary/aromatic N) is 1. The predicted octanol–water partition coefficient (Wildman–Crippen LogP) is 3.95. The smallest absolute Gasteiger partial charge is 0.170 e. The van der Waals surface area contributed by atoms with Crippen LogP contribution in [0.1, 0.15) is 22.0 Å². The maximum atomic E-state index is 5.45. The van der Waals surface area contributed by atoms with Gasteiger partial charge in [-0.25, -0.2) is 0 Å². The highest BCUT2D eigenvalue weighted by molar-refractivity contribution is 7.80. The first kappa shape index (κ1) is 16.9. The maximum absolute atomic E-state index is 5.45. The van der Waals surface area contributed by atoms with E-state index in [-0.39, 0.29) is 0 Å². The van der Waals surface area contributed by atoms with Crippen LogP contribution >= 0.6 is 23.6 Å². The van der Waals surface area contributed by atoms with Gasteiger partial charge in [-0.15, -0.1) is 11.3 Å². The van der Waals surface area contributed by atoms with E-state index in [0.29, 0.717) is 11.2 Å². The molecule has 1 aromatic heterocycles. The van der Waals surface area contributed by atoms with Crippen molar-refractivity contribution >= 4 is 34.4 Å². The molecule has 0 spiro atoms. The van der Waals surface area contributed by atoms with Gasteiger partial charge in [0.15, 0.2) is 5.11 Å². The fourth-order valence-electron chi connectivity index (χ4n) is 2.38. The number of hydrogen-bond acceptors (Lipinski definition) is 3. The van der Waals surface area contributed by atoms with E-state index < -0.39 is 0 Å². The van der Waals surface area contributed by atoms with Gasteiger partial charge < -0.3 is 15.5 Å². The number of likely N-dealkylation sites (N-methyl/N-ethyl adjacent to an activating group) is 1. The first-order chi connectivity index (χ1) is 10.5. The molecule has 3 nitrogen and oxygen atoms in total. The number of benzene rings is 1. The summed E-state index contributed by atoms with van der Waals surface area (Å²) in [5, 5.41) is 9.44. The van der Waals surface area contributed by atoms with Gasteiger partial charge in [0.25, 0.3) is 0 Å². The number of aryl methyl sites for hydroxylation is 2. The Hall–Kier alpha value is -1.43. The average molecular weight is 334 g/mol. The van der Waals surface area contributed by atoms with Crippen molar-refractivity contribution in [2.45, 2.75) is 19.9 Å². The van der Waals surface area contributed by atoms with Crippen molar-refractivity contribution in [1.82, 2.24) is 10.2 Å². The molecular formula is C17H23N3S2. The highest BCUT2D eigenvalue weighted by atomic mass is 32.1. The van der Waals surface area contributed by atoms with Crippen LogP contribution in [-0.4, -0.2) is 30.7 Å². The Kier molecular flexibility index (Phi) is 5.94. The maximum Gasteiger partial charge on any atom is 0.170 e. The van der Waals surface area contributed by atoms with Crippen LogP contribution in [0.5, 0.6) is 0 Å². The Morgan fingerprint density at radius 2 is 1.86 bits per heavy atom. The van der Waals surface area contributed by atoms with E-state index in [2.05, 4.69) is 79.2 Å². The minimum atomic E-state index is 0.317. The summed E-state index contributed by atoms with van der Waals surface area (Å²) >= 11 is 7.23. The van der Waals surface area contributed by atoms with Crippen molar-refractivity contribution in [3.8, 4) is 0 Å². The second kappa shape index (κ2) is 7.72. The first-order valence-electron chi connectivity index (χ1n) is 7.30. The number of para-hydroxylation sites is 1. The van der Waals surface area contributed by atoms with Crippen LogP contribution < -0.4 is 10.6 Å². The Bertz CT molecular complexity index is 601. The third-order valence-electron chi connectivity index (χ3n) is 3.67. The summed E-state index contributed by atoms with van der Waals surface area (Å²) in [7, 11) is 4.18. The predicted molar refractivity (Wildman–Crippen MR) is 101 cm³/mol. The van der Waals surface area contributed by atoms with Crippen LogP contribution in [0.25, 0.3) is 0 Å². The summed E-state index contributed by atoms with van der Waals surface area (Å²) in [5.41, 5.74) is 3.50. The summed E-state index contributed by atoms with van der Waals surface area (Å²) in [6.07, 6.45) is 0. The average Bonchev–Trinajstić information content (AvgIpc) is 2.97. The molecule has 2 rings (SSSR count). The zero-order valence-electron chi connectivity index (χ0n) is 13.5. The molecule has 0 amide bonds. The van der Waals surface area contributed by atoms with Crippen molar-refractivity contribution < 1.29 is 0 Å². The highest BCUT2D eigenvalue weighted by Gasteiger charge is 2.15. The summed E-state index contributed by atoms with van der Waals surface area (Å²) < 4.78 is 0. The first-order valence-corrected chi connectivity index (χ1v) is 8.58. The fraction of sp³-hybridized carbons (Fsp3) is 0.353. The molecule has 0 unspecified atom stereocenters. The highest BCUT2D eigenvalue weighted by Crippen LogP contribution is 2.23. The van der Waals surface area contributed by atoms with Crippen molar-refractivity contribution in [3.05, 3.63) is 51.7 Å². The number of anilines is 1. The van der Waals surface area contributed by atoms with Crippen LogP contribution in [0.4, 0.5) is 5.69 Å².